The number of nitrogens with two attached hydrogens (primary N) is 1. The van der Waals surface area contributed by atoms with Gasteiger partial charge in [0.15, 0.2) is 0 Å². The fourth-order valence-corrected chi connectivity index (χ4v) is 3.30. The summed E-state index contributed by atoms with van der Waals surface area (Å²) in [4.78, 5) is 12.5. The molecule has 0 aliphatic heterocycles. The van der Waals surface area contributed by atoms with Gasteiger partial charge in [-0.15, -0.1) is 0 Å². The summed E-state index contributed by atoms with van der Waals surface area (Å²) >= 11 is 6.93. The SMILES string of the molecule is CSCCCCCNC(=O)C1(C(N)=S)CC(C)C1. The van der Waals surface area contributed by atoms with E-state index in [1.54, 1.807) is 0 Å². The van der Waals surface area contributed by atoms with Crippen molar-refractivity contribution in [2.75, 3.05) is 18.6 Å². The summed E-state index contributed by atoms with van der Waals surface area (Å²) in [6, 6.07) is 0. The van der Waals surface area contributed by atoms with Crippen molar-refractivity contribution < 1.29 is 4.79 Å². The van der Waals surface area contributed by atoms with Crippen LogP contribution in [0.25, 0.3) is 0 Å². The molecule has 104 valence electrons. The van der Waals surface area contributed by atoms with E-state index in [4.69, 9.17) is 18.0 Å². The maximum absolute atomic E-state index is 12.1. The van der Waals surface area contributed by atoms with Crippen molar-refractivity contribution in [3.63, 3.8) is 0 Å². The molecule has 0 aromatic carbocycles. The van der Waals surface area contributed by atoms with Crippen LogP contribution in [0.5, 0.6) is 0 Å². The number of nitrogens with one attached hydrogen (secondary N) is 1. The first-order valence-electron chi connectivity index (χ1n) is 6.60. The van der Waals surface area contributed by atoms with E-state index in [1.165, 1.54) is 12.2 Å². The zero-order valence-corrected chi connectivity index (χ0v) is 13.0. The molecule has 0 aromatic heterocycles. The molecule has 3 N–H and O–H groups in total. The van der Waals surface area contributed by atoms with E-state index in [1.807, 2.05) is 11.8 Å². The minimum Gasteiger partial charge on any atom is -0.392 e. The maximum atomic E-state index is 12.1. The van der Waals surface area contributed by atoms with Crippen LogP contribution in [0.15, 0.2) is 0 Å². The molecule has 1 aliphatic carbocycles. The Kier molecular flexibility index (Phi) is 6.43. The van der Waals surface area contributed by atoms with Gasteiger partial charge in [-0.05, 0) is 43.6 Å². The van der Waals surface area contributed by atoms with Crippen LogP contribution in [-0.4, -0.2) is 29.4 Å². The van der Waals surface area contributed by atoms with E-state index in [0.717, 1.165) is 32.2 Å². The lowest BCUT2D eigenvalue weighted by Crippen LogP contribution is -2.56. The fourth-order valence-electron chi connectivity index (χ4n) is 2.55. The number of amides is 1. The summed E-state index contributed by atoms with van der Waals surface area (Å²) in [5.41, 5.74) is 5.19. The molecule has 0 aromatic rings. The zero-order chi connectivity index (χ0) is 13.6. The Morgan fingerprint density at radius 1 is 1.44 bits per heavy atom. The van der Waals surface area contributed by atoms with Gasteiger partial charge in [-0.2, -0.15) is 11.8 Å². The monoisotopic (exact) mass is 288 g/mol. The van der Waals surface area contributed by atoms with Crippen molar-refractivity contribution >= 4 is 34.9 Å². The zero-order valence-electron chi connectivity index (χ0n) is 11.3. The molecule has 3 nitrogen and oxygen atoms in total. The second-order valence-electron chi connectivity index (χ2n) is 5.27. The summed E-state index contributed by atoms with van der Waals surface area (Å²) in [6.07, 6.45) is 7.15. The Balaban J connectivity index is 2.25. The van der Waals surface area contributed by atoms with Gasteiger partial charge < -0.3 is 11.1 Å². The number of thioether (sulfide) groups is 1. The third kappa shape index (κ3) is 3.85. The highest BCUT2D eigenvalue weighted by molar-refractivity contribution is 7.98. The highest BCUT2D eigenvalue weighted by Gasteiger charge is 2.50. The normalized spacial score (nSPS) is 26.4. The van der Waals surface area contributed by atoms with E-state index < -0.39 is 5.41 Å². The molecule has 0 heterocycles. The third-order valence-corrected chi connectivity index (χ3v) is 4.70. The lowest BCUT2D eigenvalue weighted by Gasteiger charge is -2.44. The Bertz CT molecular complexity index is 301. The van der Waals surface area contributed by atoms with Crippen molar-refractivity contribution in [1.29, 1.82) is 0 Å². The van der Waals surface area contributed by atoms with E-state index in [9.17, 15) is 4.79 Å². The Morgan fingerprint density at radius 2 is 2.11 bits per heavy atom. The van der Waals surface area contributed by atoms with Crippen LogP contribution < -0.4 is 11.1 Å². The molecule has 1 fully saturated rings. The molecule has 0 saturated heterocycles. The molecule has 5 heteroatoms. The smallest absolute Gasteiger partial charge is 0.233 e. The topological polar surface area (TPSA) is 55.1 Å². The number of hydrogen-bond acceptors (Lipinski definition) is 3. The largest absolute Gasteiger partial charge is 0.392 e. The average Bonchev–Trinajstić information content (AvgIpc) is 2.28. The van der Waals surface area contributed by atoms with Gasteiger partial charge in [0.25, 0.3) is 0 Å². The van der Waals surface area contributed by atoms with Crippen molar-refractivity contribution in [3.8, 4) is 0 Å². The summed E-state index contributed by atoms with van der Waals surface area (Å²) in [5, 5.41) is 2.99. The Hall–Kier alpha value is -0.290. The third-order valence-electron chi connectivity index (χ3n) is 3.61. The number of rotatable bonds is 8. The van der Waals surface area contributed by atoms with E-state index >= 15 is 0 Å². The second-order valence-corrected chi connectivity index (χ2v) is 6.69. The Labute approximate surface area is 120 Å². The van der Waals surface area contributed by atoms with E-state index in [0.29, 0.717) is 10.9 Å². The van der Waals surface area contributed by atoms with Gasteiger partial charge in [-0.3, -0.25) is 4.79 Å². The van der Waals surface area contributed by atoms with Crippen LogP contribution in [0, 0.1) is 11.3 Å². The van der Waals surface area contributed by atoms with Crippen LogP contribution >= 0.6 is 24.0 Å². The fraction of sp³-hybridized carbons (Fsp3) is 0.846. The molecule has 1 rings (SSSR count). The van der Waals surface area contributed by atoms with Gasteiger partial charge in [-0.1, -0.05) is 25.6 Å². The number of carbonyl (C=O) groups excluding carboxylic acids is 1. The molecular weight excluding hydrogens is 264 g/mol. The predicted octanol–water partition coefficient (Wildman–Crippen LogP) is 2.34. The molecule has 0 unspecified atom stereocenters. The van der Waals surface area contributed by atoms with Gasteiger partial charge in [-0.25, -0.2) is 0 Å². The van der Waals surface area contributed by atoms with Gasteiger partial charge >= 0.3 is 0 Å². The summed E-state index contributed by atoms with van der Waals surface area (Å²) in [5.74, 6) is 1.79. The van der Waals surface area contributed by atoms with Crippen molar-refractivity contribution in [2.24, 2.45) is 17.1 Å². The van der Waals surface area contributed by atoms with Crippen LogP contribution in [0.3, 0.4) is 0 Å². The summed E-state index contributed by atoms with van der Waals surface area (Å²) in [6.45, 7) is 2.87. The first kappa shape index (κ1) is 15.8. The summed E-state index contributed by atoms with van der Waals surface area (Å²) in [7, 11) is 0. The van der Waals surface area contributed by atoms with Crippen molar-refractivity contribution in [3.05, 3.63) is 0 Å². The molecule has 0 atom stereocenters. The number of thiocarbonyl (C=S) groups is 1. The van der Waals surface area contributed by atoms with Gasteiger partial charge in [0.2, 0.25) is 5.91 Å². The minimum absolute atomic E-state index is 0.0398. The van der Waals surface area contributed by atoms with Gasteiger partial charge in [0.1, 0.15) is 0 Å². The predicted molar refractivity (Wildman–Crippen MR) is 82.9 cm³/mol. The molecule has 1 saturated carbocycles. The quantitative estimate of drug-likeness (QED) is 0.532. The average molecular weight is 288 g/mol. The molecule has 1 aliphatic rings. The standard InChI is InChI=1S/C13H24N2OS2/c1-10-8-13(9-10,11(14)17)12(16)15-6-4-3-5-7-18-2/h10H,3-9H2,1-2H3,(H2,14,17)(H,15,16). The number of carbonyl (C=O) groups is 1. The Morgan fingerprint density at radius 3 is 2.61 bits per heavy atom. The highest BCUT2D eigenvalue weighted by atomic mass is 32.2. The first-order chi connectivity index (χ1) is 8.53. The molecule has 0 radical (unpaired) electrons. The molecule has 18 heavy (non-hydrogen) atoms. The second kappa shape index (κ2) is 7.34. The molecular formula is C13H24N2OS2. The van der Waals surface area contributed by atoms with Crippen LogP contribution in [0.2, 0.25) is 0 Å². The maximum Gasteiger partial charge on any atom is 0.233 e. The lowest BCUT2D eigenvalue weighted by molar-refractivity contribution is -0.132. The van der Waals surface area contributed by atoms with Crippen LogP contribution in [0.1, 0.15) is 39.0 Å². The number of hydrogen-bond donors (Lipinski definition) is 2. The van der Waals surface area contributed by atoms with Crippen molar-refractivity contribution in [1.82, 2.24) is 5.32 Å². The lowest BCUT2D eigenvalue weighted by atomic mass is 9.62. The highest BCUT2D eigenvalue weighted by Crippen LogP contribution is 2.45. The number of unbranched alkanes of at least 4 members (excludes halogenated alkanes) is 2. The molecule has 1 amide bonds. The minimum atomic E-state index is -0.548. The van der Waals surface area contributed by atoms with Crippen LogP contribution in [-0.2, 0) is 4.79 Å². The van der Waals surface area contributed by atoms with E-state index in [2.05, 4.69) is 18.5 Å². The van der Waals surface area contributed by atoms with Gasteiger partial charge in [0.05, 0.1) is 10.4 Å². The first-order valence-corrected chi connectivity index (χ1v) is 8.40. The molecule has 0 bridgehead atoms. The van der Waals surface area contributed by atoms with Crippen LogP contribution in [0.4, 0.5) is 0 Å². The summed E-state index contributed by atoms with van der Waals surface area (Å²) < 4.78 is 0. The van der Waals surface area contributed by atoms with Gasteiger partial charge in [0, 0.05) is 6.54 Å². The van der Waals surface area contributed by atoms with E-state index in [-0.39, 0.29) is 5.91 Å². The van der Waals surface area contributed by atoms with Crippen molar-refractivity contribution in [2.45, 2.75) is 39.0 Å². The molecule has 0 spiro atoms.